The fourth-order valence-corrected chi connectivity index (χ4v) is 1.34. The summed E-state index contributed by atoms with van der Waals surface area (Å²) in [6.45, 7) is 5.71. The summed E-state index contributed by atoms with van der Waals surface area (Å²) in [6, 6.07) is 9.97. The molecule has 0 atom stereocenters. The van der Waals surface area contributed by atoms with E-state index < -0.39 is 0 Å². The second kappa shape index (κ2) is 4.88. The molecule has 0 saturated carbocycles. The first-order valence-electron chi connectivity index (χ1n) is 4.27. The maximum atomic E-state index is 6.17. The van der Waals surface area contributed by atoms with Gasteiger partial charge in [-0.25, -0.2) is 0 Å². The number of halogens is 1. The summed E-state index contributed by atoms with van der Waals surface area (Å²) in [6.07, 6.45) is 2.70. The Hall–Kier alpha value is -1.01. The lowest BCUT2D eigenvalue weighted by molar-refractivity contribution is 1.23. The minimum atomic E-state index is 0.834. The fraction of sp³-hybridized carbons (Fsp3) is 0.167. The van der Waals surface area contributed by atoms with Gasteiger partial charge in [0.2, 0.25) is 0 Å². The molecule has 0 fully saturated rings. The molecule has 0 heterocycles. The molecule has 0 aliphatic rings. The third kappa shape index (κ3) is 2.74. The normalized spacial score (nSPS) is 12.2. The molecule has 0 spiro atoms. The van der Waals surface area contributed by atoms with E-state index in [0.717, 1.165) is 22.6 Å². The molecule has 0 aromatic heterocycles. The molecule has 0 bridgehead atoms. The molecular weight excluding hydrogens is 180 g/mol. The summed E-state index contributed by atoms with van der Waals surface area (Å²) < 4.78 is 0. The van der Waals surface area contributed by atoms with Crippen molar-refractivity contribution in [1.29, 1.82) is 0 Å². The Morgan fingerprint density at radius 3 is 2.54 bits per heavy atom. The van der Waals surface area contributed by atoms with Crippen LogP contribution in [0.25, 0.3) is 5.03 Å². The van der Waals surface area contributed by atoms with Crippen molar-refractivity contribution in [3.63, 3.8) is 0 Å². The molecule has 68 valence electrons. The quantitative estimate of drug-likeness (QED) is 0.629. The third-order valence-corrected chi connectivity index (χ3v) is 2.39. The van der Waals surface area contributed by atoms with E-state index in [9.17, 15) is 0 Å². The van der Waals surface area contributed by atoms with E-state index in [4.69, 9.17) is 11.6 Å². The third-order valence-electron chi connectivity index (χ3n) is 1.85. The first-order valence-corrected chi connectivity index (χ1v) is 4.65. The minimum absolute atomic E-state index is 0.834. The van der Waals surface area contributed by atoms with Crippen molar-refractivity contribution in [2.45, 2.75) is 13.3 Å². The van der Waals surface area contributed by atoms with Crippen molar-refractivity contribution < 1.29 is 0 Å². The zero-order valence-electron chi connectivity index (χ0n) is 7.76. The molecule has 0 nitrogen and oxygen atoms in total. The first-order chi connectivity index (χ1) is 6.25. The van der Waals surface area contributed by atoms with Crippen LogP contribution >= 0.6 is 11.6 Å². The zero-order valence-corrected chi connectivity index (χ0v) is 8.51. The Bertz CT molecular complexity index is 309. The van der Waals surface area contributed by atoms with Crippen LogP contribution in [-0.4, -0.2) is 0 Å². The van der Waals surface area contributed by atoms with Gasteiger partial charge in [-0.15, -0.1) is 6.58 Å². The number of hydrogen-bond donors (Lipinski definition) is 0. The van der Waals surface area contributed by atoms with Crippen LogP contribution in [-0.2, 0) is 0 Å². The van der Waals surface area contributed by atoms with E-state index in [1.165, 1.54) is 0 Å². The summed E-state index contributed by atoms with van der Waals surface area (Å²) >= 11 is 6.17. The predicted molar refractivity (Wildman–Crippen MR) is 59.7 cm³/mol. The van der Waals surface area contributed by atoms with Crippen molar-refractivity contribution in [3.05, 3.63) is 54.1 Å². The van der Waals surface area contributed by atoms with E-state index in [2.05, 4.69) is 6.58 Å². The number of allylic oxidation sites excluding steroid dienone is 2. The van der Waals surface area contributed by atoms with Crippen LogP contribution in [0.2, 0.25) is 0 Å². The van der Waals surface area contributed by atoms with Crippen molar-refractivity contribution >= 4 is 16.6 Å². The van der Waals surface area contributed by atoms with E-state index in [1.54, 1.807) is 0 Å². The van der Waals surface area contributed by atoms with Gasteiger partial charge in [-0.2, -0.15) is 0 Å². The maximum absolute atomic E-state index is 6.17. The first kappa shape index (κ1) is 10.1. The van der Waals surface area contributed by atoms with E-state index in [1.807, 2.05) is 43.3 Å². The van der Waals surface area contributed by atoms with Crippen LogP contribution in [0, 0.1) is 0 Å². The van der Waals surface area contributed by atoms with Gasteiger partial charge in [0.1, 0.15) is 0 Å². The summed E-state index contributed by atoms with van der Waals surface area (Å²) in [5.74, 6) is 0. The highest BCUT2D eigenvalue weighted by atomic mass is 35.5. The molecule has 1 heteroatoms. The van der Waals surface area contributed by atoms with Crippen LogP contribution in [0.3, 0.4) is 0 Å². The van der Waals surface area contributed by atoms with E-state index in [-0.39, 0.29) is 0 Å². The molecule has 0 saturated heterocycles. The maximum Gasteiger partial charge on any atom is 0.0470 e. The van der Waals surface area contributed by atoms with Crippen molar-refractivity contribution in [1.82, 2.24) is 0 Å². The smallest absolute Gasteiger partial charge is 0.0470 e. The highest BCUT2D eigenvalue weighted by Crippen LogP contribution is 2.24. The molecule has 13 heavy (non-hydrogen) atoms. The average Bonchev–Trinajstić information content (AvgIpc) is 2.18. The van der Waals surface area contributed by atoms with Crippen molar-refractivity contribution in [2.75, 3.05) is 0 Å². The Morgan fingerprint density at radius 1 is 1.38 bits per heavy atom. The highest BCUT2D eigenvalue weighted by Gasteiger charge is 1.99. The van der Waals surface area contributed by atoms with Gasteiger partial charge in [0.25, 0.3) is 0 Å². The Labute approximate surface area is 84.5 Å². The lowest BCUT2D eigenvalue weighted by Gasteiger charge is -2.03. The molecule has 0 aliphatic carbocycles. The molecule has 0 N–H and O–H groups in total. The van der Waals surface area contributed by atoms with Crippen LogP contribution in [0.4, 0.5) is 0 Å². The van der Waals surface area contributed by atoms with Crippen molar-refractivity contribution in [2.24, 2.45) is 0 Å². The Morgan fingerprint density at radius 2 is 2.00 bits per heavy atom. The summed E-state index contributed by atoms with van der Waals surface area (Å²) in [5, 5.41) is 0.834. The van der Waals surface area contributed by atoms with E-state index >= 15 is 0 Å². The standard InChI is InChI=1S/C12H13Cl/c1-3-7-10(2)12(13)11-8-5-4-6-9-11/h3-6,8-9H,1,7H2,2H3/b12-10-. The highest BCUT2D eigenvalue weighted by molar-refractivity contribution is 6.49. The summed E-state index contributed by atoms with van der Waals surface area (Å²) in [5.41, 5.74) is 2.23. The molecule has 1 aromatic carbocycles. The molecular formula is C12H13Cl. The number of benzene rings is 1. The van der Waals surface area contributed by atoms with Crippen LogP contribution in [0.15, 0.2) is 48.6 Å². The van der Waals surface area contributed by atoms with Gasteiger partial charge in [-0.1, -0.05) is 53.6 Å². The average molecular weight is 193 g/mol. The zero-order chi connectivity index (χ0) is 9.68. The topological polar surface area (TPSA) is 0 Å². The Balaban J connectivity index is 2.95. The van der Waals surface area contributed by atoms with E-state index in [0.29, 0.717) is 0 Å². The number of hydrogen-bond acceptors (Lipinski definition) is 0. The second-order valence-electron chi connectivity index (χ2n) is 2.95. The van der Waals surface area contributed by atoms with Crippen LogP contribution in [0.5, 0.6) is 0 Å². The molecule has 1 aromatic rings. The van der Waals surface area contributed by atoms with Gasteiger partial charge >= 0.3 is 0 Å². The largest absolute Gasteiger partial charge is 0.103 e. The van der Waals surface area contributed by atoms with Gasteiger partial charge in [-0.3, -0.25) is 0 Å². The monoisotopic (exact) mass is 192 g/mol. The lowest BCUT2D eigenvalue weighted by atomic mass is 10.1. The van der Waals surface area contributed by atoms with Crippen LogP contribution in [0.1, 0.15) is 18.9 Å². The molecule has 1 rings (SSSR count). The van der Waals surface area contributed by atoms with Crippen LogP contribution < -0.4 is 0 Å². The van der Waals surface area contributed by atoms with Crippen molar-refractivity contribution in [3.8, 4) is 0 Å². The summed E-state index contributed by atoms with van der Waals surface area (Å²) in [7, 11) is 0. The van der Waals surface area contributed by atoms with Gasteiger partial charge < -0.3 is 0 Å². The molecule has 0 aliphatic heterocycles. The number of rotatable bonds is 3. The SMILES string of the molecule is C=CC/C(C)=C(\Cl)c1ccccc1. The van der Waals surface area contributed by atoms with Gasteiger partial charge in [0.15, 0.2) is 0 Å². The van der Waals surface area contributed by atoms with Gasteiger partial charge in [0.05, 0.1) is 0 Å². The molecule has 0 amide bonds. The Kier molecular flexibility index (Phi) is 3.78. The minimum Gasteiger partial charge on any atom is -0.103 e. The summed E-state index contributed by atoms with van der Waals surface area (Å²) in [4.78, 5) is 0. The van der Waals surface area contributed by atoms with Gasteiger partial charge in [-0.05, 0) is 18.9 Å². The molecule has 0 radical (unpaired) electrons. The van der Waals surface area contributed by atoms with Gasteiger partial charge in [0, 0.05) is 5.03 Å². The second-order valence-corrected chi connectivity index (χ2v) is 3.33. The fourth-order valence-electron chi connectivity index (χ4n) is 1.14. The predicted octanol–water partition coefficient (Wildman–Crippen LogP) is 4.23. The molecule has 0 unspecified atom stereocenters. The lowest BCUT2D eigenvalue weighted by Crippen LogP contribution is -1.81.